The van der Waals surface area contributed by atoms with Crippen LogP contribution in [0.4, 0.5) is 4.79 Å². The van der Waals surface area contributed by atoms with E-state index in [1.54, 1.807) is 27.7 Å². The molecule has 2 N–H and O–H groups in total. The molecular weight excluding hydrogens is 288 g/mol. The number of carbonyl (C=O) groups is 1. The summed E-state index contributed by atoms with van der Waals surface area (Å²) in [5.74, 6) is 0.857. The second kappa shape index (κ2) is 5.96. The normalized spacial score (nSPS) is 12.7. The van der Waals surface area contributed by atoms with Crippen molar-refractivity contribution in [2.45, 2.75) is 39.3 Å². The van der Waals surface area contributed by atoms with Gasteiger partial charge in [0.05, 0.1) is 6.04 Å². The lowest BCUT2D eigenvalue weighted by molar-refractivity contribution is 0.0505. The van der Waals surface area contributed by atoms with Gasteiger partial charge in [0.15, 0.2) is 11.6 Å². The first-order valence-electron chi connectivity index (χ1n) is 6.72. The van der Waals surface area contributed by atoms with E-state index in [9.17, 15) is 9.59 Å². The molecule has 0 aromatic carbocycles. The molecule has 0 aliphatic rings. The Morgan fingerprint density at radius 1 is 1.41 bits per heavy atom. The van der Waals surface area contributed by atoms with Gasteiger partial charge in [-0.05, 0) is 33.8 Å². The predicted octanol–water partition coefficient (Wildman–Crippen LogP) is 0.936. The molecule has 118 valence electrons. The van der Waals surface area contributed by atoms with Crippen molar-refractivity contribution in [3.05, 3.63) is 34.6 Å². The van der Waals surface area contributed by atoms with Crippen LogP contribution in [-0.2, 0) is 4.74 Å². The van der Waals surface area contributed by atoms with Crippen molar-refractivity contribution < 1.29 is 9.53 Å². The third-order valence-corrected chi connectivity index (χ3v) is 2.58. The number of rotatable bonds is 3. The van der Waals surface area contributed by atoms with E-state index in [2.05, 4.69) is 25.6 Å². The van der Waals surface area contributed by atoms with E-state index >= 15 is 0 Å². The number of aromatic amines is 1. The third-order valence-electron chi connectivity index (χ3n) is 2.58. The van der Waals surface area contributed by atoms with Crippen molar-refractivity contribution >= 4 is 6.09 Å². The summed E-state index contributed by atoms with van der Waals surface area (Å²) < 4.78 is 6.63. The van der Waals surface area contributed by atoms with E-state index in [1.165, 1.54) is 23.1 Å². The molecule has 1 amide bonds. The van der Waals surface area contributed by atoms with Gasteiger partial charge in [0.25, 0.3) is 5.56 Å². The van der Waals surface area contributed by atoms with E-state index in [0.29, 0.717) is 11.6 Å². The fourth-order valence-corrected chi connectivity index (χ4v) is 1.73. The zero-order valence-electron chi connectivity index (χ0n) is 12.8. The summed E-state index contributed by atoms with van der Waals surface area (Å²) in [6.45, 7) is 7.09. The van der Waals surface area contributed by atoms with E-state index in [1.807, 2.05) is 0 Å². The lowest BCUT2D eigenvalue weighted by Gasteiger charge is -2.21. The molecule has 2 aromatic rings. The van der Waals surface area contributed by atoms with E-state index in [4.69, 9.17) is 4.74 Å². The molecular formula is C13H18N6O3. The second-order valence-electron chi connectivity index (χ2n) is 5.68. The Morgan fingerprint density at radius 3 is 2.73 bits per heavy atom. The largest absolute Gasteiger partial charge is 0.444 e. The molecule has 0 saturated carbocycles. The Hall–Kier alpha value is -2.71. The minimum Gasteiger partial charge on any atom is -0.444 e. The maximum Gasteiger partial charge on any atom is 0.408 e. The Labute approximate surface area is 126 Å². The van der Waals surface area contributed by atoms with Crippen LogP contribution in [0.15, 0.2) is 23.3 Å². The van der Waals surface area contributed by atoms with Gasteiger partial charge in [0.2, 0.25) is 0 Å². The first-order valence-corrected chi connectivity index (χ1v) is 6.72. The van der Waals surface area contributed by atoms with E-state index in [0.717, 1.165) is 0 Å². The molecule has 0 bridgehead atoms. The summed E-state index contributed by atoms with van der Waals surface area (Å²) in [5.41, 5.74) is -0.900. The number of amides is 1. The number of nitrogens with one attached hydrogen (secondary N) is 2. The zero-order valence-corrected chi connectivity index (χ0v) is 12.8. The highest BCUT2D eigenvalue weighted by molar-refractivity contribution is 5.68. The standard InChI is InChI=1S/C13H18N6O3/c1-8(16-12(21)22-13(2,3)4)11-14-7-15-19(11)9-5-6-10(20)18-17-9/h5-8H,1-4H3,(H,16,21)(H,18,20)/t8-/m0/s1. The van der Waals surface area contributed by atoms with Crippen LogP contribution in [0.25, 0.3) is 5.82 Å². The van der Waals surface area contributed by atoms with Gasteiger partial charge in [0.1, 0.15) is 11.9 Å². The topological polar surface area (TPSA) is 115 Å². The Bertz CT molecular complexity index is 695. The molecule has 9 heteroatoms. The van der Waals surface area contributed by atoms with Crippen LogP contribution >= 0.6 is 0 Å². The molecule has 1 atom stereocenters. The minimum atomic E-state index is -0.585. The van der Waals surface area contributed by atoms with Crippen LogP contribution in [0.5, 0.6) is 0 Å². The molecule has 0 fully saturated rings. The van der Waals surface area contributed by atoms with Crippen LogP contribution < -0.4 is 10.9 Å². The monoisotopic (exact) mass is 306 g/mol. The van der Waals surface area contributed by atoms with Crippen molar-refractivity contribution in [3.8, 4) is 5.82 Å². The molecule has 9 nitrogen and oxygen atoms in total. The van der Waals surface area contributed by atoms with Crippen LogP contribution in [0.1, 0.15) is 39.6 Å². The average Bonchev–Trinajstić information content (AvgIpc) is 2.86. The van der Waals surface area contributed by atoms with Gasteiger partial charge in [-0.25, -0.2) is 14.9 Å². The number of aromatic nitrogens is 5. The van der Waals surface area contributed by atoms with Crippen LogP contribution in [0.3, 0.4) is 0 Å². The van der Waals surface area contributed by atoms with Gasteiger partial charge in [-0.1, -0.05) is 0 Å². The molecule has 2 heterocycles. The summed E-state index contributed by atoms with van der Waals surface area (Å²) in [6.07, 6.45) is 0.791. The lowest BCUT2D eigenvalue weighted by Crippen LogP contribution is -2.35. The second-order valence-corrected chi connectivity index (χ2v) is 5.68. The van der Waals surface area contributed by atoms with Gasteiger partial charge in [-0.2, -0.15) is 14.9 Å². The van der Waals surface area contributed by atoms with Crippen LogP contribution in [0.2, 0.25) is 0 Å². The average molecular weight is 306 g/mol. The SMILES string of the molecule is C[C@H](NC(=O)OC(C)(C)C)c1ncnn1-c1ccc(=O)[nH]n1. The van der Waals surface area contributed by atoms with Crippen molar-refractivity contribution in [3.63, 3.8) is 0 Å². The molecule has 0 spiro atoms. The van der Waals surface area contributed by atoms with Crippen molar-refractivity contribution in [1.29, 1.82) is 0 Å². The van der Waals surface area contributed by atoms with Gasteiger partial charge in [-0.3, -0.25) is 4.79 Å². The Kier molecular flexibility index (Phi) is 4.25. The van der Waals surface area contributed by atoms with Crippen molar-refractivity contribution in [1.82, 2.24) is 30.3 Å². The highest BCUT2D eigenvalue weighted by atomic mass is 16.6. The first kappa shape index (κ1) is 15.7. The number of hydrogen-bond acceptors (Lipinski definition) is 6. The summed E-state index contributed by atoms with van der Waals surface area (Å²) >= 11 is 0. The van der Waals surface area contributed by atoms with Crippen LogP contribution in [0, 0.1) is 0 Å². The Balaban J connectivity index is 2.16. The number of hydrogen-bond donors (Lipinski definition) is 2. The maximum absolute atomic E-state index is 11.8. The molecule has 0 unspecified atom stereocenters. The lowest BCUT2D eigenvalue weighted by atomic mass is 10.2. The first-order chi connectivity index (χ1) is 10.3. The van der Waals surface area contributed by atoms with Crippen molar-refractivity contribution in [2.24, 2.45) is 0 Å². The number of carbonyl (C=O) groups excluding carboxylic acids is 1. The maximum atomic E-state index is 11.8. The van der Waals surface area contributed by atoms with Crippen molar-refractivity contribution in [2.75, 3.05) is 0 Å². The van der Waals surface area contributed by atoms with E-state index in [-0.39, 0.29) is 5.56 Å². The molecule has 0 aliphatic carbocycles. The van der Waals surface area contributed by atoms with Gasteiger partial charge in [0, 0.05) is 6.07 Å². The highest BCUT2D eigenvalue weighted by Crippen LogP contribution is 2.14. The van der Waals surface area contributed by atoms with E-state index < -0.39 is 17.7 Å². The fraction of sp³-hybridized carbons (Fsp3) is 0.462. The van der Waals surface area contributed by atoms with Gasteiger partial charge >= 0.3 is 6.09 Å². The third kappa shape index (κ3) is 3.90. The zero-order chi connectivity index (χ0) is 16.3. The fourth-order valence-electron chi connectivity index (χ4n) is 1.73. The molecule has 2 aromatic heterocycles. The smallest absolute Gasteiger partial charge is 0.408 e. The van der Waals surface area contributed by atoms with Gasteiger partial charge in [-0.15, -0.1) is 0 Å². The number of ether oxygens (including phenoxy) is 1. The molecule has 0 aliphatic heterocycles. The van der Waals surface area contributed by atoms with Crippen LogP contribution in [-0.4, -0.2) is 36.7 Å². The summed E-state index contributed by atoms with van der Waals surface area (Å²) in [5, 5.41) is 12.9. The van der Waals surface area contributed by atoms with Gasteiger partial charge < -0.3 is 10.1 Å². The molecule has 0 saturated heterocycles. The predicted molar refractivity (Wildman–Crippen MR) is 77.6 cm³/mol. The molecule has 2 rings (SSSR count). The highest BCUT2D eigenvalue weighted by Gasteiger charge is 2.21. The summed E-state index contributed by atoms with van der Waals surface area (Å²) in [7, 11) is 0. The summed E-state index contributed by atoms with van der Waals surface area (Å²) in [6, 6.07) is 2.39. The quantitative estimate of drug-likeness (QED) is 0.872. The minimum absolute atomic E-state index is 0.314. The molecule has 22 heavy (non-hydrogen) atoms. The number of nitrogens with zero attached hydrogens (tertiary/aromatic N) is 4. The molecule has 0 radical (unpaired) electrons. The number of alkyl carbamates (subject to hydrolysis) is 1. The Morgan fingerprint density at radius 2 is 2.14 bits per heavy atom. The summed E-state index contributed by atoms with van der Waals surface area (Å²) in [4.78, 5) is 27.0. The number of H-pyrrole nitrogens is 1.